The minimum absolute atomic E-state index is 0.314. The number of ether oxygens (including phenoxy) is 1. The summed E-state index contributed by atoms with van der Waals surface area (Å²) in [6.45, 7) is 7.74. The molecule has 1 unspecified atom stereocenters. The van der Waals surface area contributed by atoms with Crippen molar-refractivity contribution >= 4 is 11.6 Å². The Hall–Kier alpha value is -0.800. The minimum atomic E-state index is -0.350. The van der Waals surface area contributed by atoms with Gasteiger partial charge in [0.1, 0.15) is 11.6 Å². The van der Waals surface area contributed by atoms with Gasteiger partial charge in [-0.25, -0.2) is 4.39 Å². The van der Waals surface area contributed by atoms with Crippen molar-refractivity contribution < 1.29 is 9.13 Å². The highest BCUT2D eigenvalue weighted by molar-refractivity contribution is 6.32. The molecule has 0 aliphatic heterocycles. The largest absolute Gasteiger partial charge is 0.492 e. The first kappa shape index (κ1) is 14.3. The van der Waals surface area contributed by atoms with Crippen LogP contribution in [0.3, 0.4) is 0 Å². The lowest BCUT2D eigenvalue weighted by atomic mass is 10.2. The zero-order valence-electron chi connectivity index (χ0n) is 10.5. The normalized spacial score (nSPS) is 12.8. The first-order valence-electron chi connectivity index (χ1n) is 5.80. The van der Waals surface area contributed by atoms with Crippen molar-refractivity contribution in [2.75, 3.05) is 13.2 Å². The van der Waals surface area contributed by atoms with E-state index >= 15 is 0 Å². The molecule has 0 heterocycles. The Labute approximate surface area is 107 Å². The summed E-state index contributed by atoms with van der Waals surface area (Å²) in [6, 6.07) is 4.62. The molecule has 0 aliphatic rings. The van der Waals surface area contributed by atoms with Gasteiger partial charge >= 0.3 is 0 Å². The number of nitrogens with one attached hydrogen (secondary N) is 1. The fraction of sp³-hybridized carbons (Fsp3) is 0.538. The van der Waals surface area contributed by atoms with Crippen LogP contribution >= 0.6 is 11.6 Å². The lowest BCUT2D eigenvalue weighted by molar-refractivity contribution is 0.253. The maximum atomic E-state index is 12.8. The molecule has 2 nitrogen and oxygen atoms in total. The maximum absolute atomic E-state index is 12.8. The summed E-state index contributed by atoms with van der Waals surface area (Å²) in [4.78, 5) is 0. The van der Waals surface area contributed by atoms with Gasteiger partial charge in [-0.15, -0.1) is 0 Å². The Kier molecular flexibility index (Phi) is 5.72. The molecule has 1 aromatic carbocycles. The molecule has 0 amide bonds. The number of hydrogen-bond donors (Lipinski definition) is 1. The summed E-state index contributed by atoms with van der Waals surface area (Å²) >= 11 is 5.86. The van der Waals surface area contributed by atoms with Gasteiger partial charge in [0, 0.05) is 18.5 Å². The molecule has 0 fully saturated rings. The molecule has 0 saturated heterocycles. The average Bonchev–Trinajstić information content (AvgIpc) is 2.25. The summed E-state index contributed by atoms with van der Waals surface area (Å²) in [5.74, 6) is 0.555. The first-order valence-corrected chi connectivity index (χ1v) is 6.18. The number of benzene rings is 1. The summed E-state index contributed by atoms with van der Waals surface area (Å²) < 4.78 is 18.4. The van der Waals surface area contributed by atoms with Crippen molar-refractivity contribution in [2.24, 2.45) is 5.92 Å². The fourth-order valence-corrected chi connectivity index (χ4v) is 1.54. The summed E-state index contributed by atoms with van der Waals surface area (Å²) in [6.07, 6.45) is 0. The van der Waals surface area contributed by atoms with Gasteiger partial charge in [0.05, 0.1) is 11.6 Å². The third-order valence-electron chi connectivity index (χ3n) is 2.29. The van der Waals surface area contributed by atoms with E-state index in [1.165, 1.54) is 12.1 Å². The Bertz CT molecular complexity index is 357. The monoisotopic (exact) mass is 259 g/mol. The summed E-state index contributed by atoms with van der Waals surface area (Å²) in [7, 11) is 0. The average molecular weight is 260 g/mol. The van der Waals surface area contributed by atoms with Gasteiger partial charge in [-0.05, 0) is 18.2 Å². The van der Waals surface area contributed by atoms with E-state index in [-0.39, 0.29) is 5.82 Å². The van der Waals surface area contributed by atoms with E-state index < -0.39 is 0 Å². The topological polar surface area (TPSA) is 21.3 Å². The van der Waals surface area contributed by atoms with E-state index in [0.717, 1.165) is 6.54 Å². The third-order valence-corrected chi connectivity index (χ3v) is 2.59. The molecule has 0 aromatic heterocycles. The van der Waals surface area contributed by atoms with Gasteiger partial charge in [-0.3, -0.25) is 0 Å². The molecule has 4 heteroatoms. The SMILES string of the molecule is CC(CNC(C)C)COc1ccc(F)cc1Cl. The molecule has 0 radical (unpaired) electrons. The quantitative estimate of drug-likeness (QED) is 0.844. The van der Waals surface area contributed by atoms with Crippen LogP contribution in [-0.4, -0.2) is 19.2 Å². The predicted molar refractivity (Wildman–Crippen MR) is 69.2 cm³/mol. The van der Waals surface area contributed by atoms with Crippen LogP contribution in [-0.2, 0) is 0 Å². The molecule has 0 bridgehead atoms. The fourth-order valence-electron chi connectivity index (χ4n) is 1.32. The van der Waals surface area contributed by atoms with Gasteiger partial charge in [0.25, 0.3) is 0 Å². The first-order chi connectivity index (χ1) is 7.99. The van der Waals surface area contributed by atoms with E-state index in [0.29, 0.717) is 29.3 Å². The third kappa shape index (κ3) is 5.37. The highest BCUT2D eigenvalue weighted by Crippen LogP contribution is 2.25. The van der Waals surface area contributed by atoms with Crippen LogP contribution in [0.2, 0.25) is 5.02 Å². The molecule has 17 heavy (non-hydrogen) atoms. The lowest BCUT2D eigenvalue weighted by Gasteiger charge is -2.16. The van der Waals surface area contributed by atoms with Gasteiger partial charge in [-0.1, -0.05) is 32.4 Å². The van der Waals surface area contributed by atoms with Gasteiger partial charge in [0.15, 0.2) is 0 Å². The molecule has 96 valence electrons. The standard InChI is InChI=1S/C13H19ClFNO/c1-9(2)16-7-10(3)8-17-13-5-4-11(15)6-12(13)14/h4-6,9-10,16H,7-8H2,1-3H3. The van der Waals surface area contributed by atoms with Crippen LogP contribution in [0.5, 0.6) is 5.75 Å². The Morgan fingerprint density at radius 1 is 1.35 bits per heavy atom. The molecule has 1 rings (SSSR count). The van der Waals surface area contributed by atoms with Crippen molar-refractivity contribution in [2.45, 2.75) is 26.8 Å². The van der Waals surface area contributed by atoms with Gasteiger partial charge in [0.2, 0.25) is 0 Å². The van der Waals surface area contributed by atoms with Crippen LogP contribution in [0.25, 0.3) is 0 Å². The number of hydrogen-bond acceptors (Lipinski definition) is 2. The highest BCUT2D eigenvalue weighted by Gasteiger charge is 2.07. The van der Waals surface area contributed by atoms with Gasteiger partial charge in [-0.2, -0.15) is 0 Å². The zero-order chi connectivity index (χ0) is 12.8. The van der Waals surface area contributed by atoms with Crippen molar-refractivity contribution in [3.8, 4) is 5.75 Å². The number of rotatable bonds is 6. The van der Waals surface area contributed by atoms with E-state index in [9.17, 15) is 4.39 Å². The van der Waals surface area contributed by atoms with Crippen molar-refractivity contribution in [3.63, 3.8) is 0 Å². The Balaban J connectivity index is 2.39. The molecular formula is C13H19ClFNO. The second-order valence-electron chi connectivity index (χ2n) is 4.55. The van der Waals surface area contributed by atoms with E-state index in [2.05, 4.69) is 26.1 Å². The van der Waals surface area contributed by atoms with Gasteiger partial charge < -0.3 is 10.1 Å². The lowest BCUT2D eigenvalue weighted by Crippen LogP contribution is -2.30. The van der Waals surface area contributed by atoms with Crippen molar-refractivity contribution in [1.29, 1.82) is 0 Å². The van der Waals surface area contributed by atoms with Crippen LogP contribution in [0, 0.1) is 11.7 Å². The van der Waals surface area contributed by atoms with E-state index in [4.69, 9.17) is 16.3 Å². The molecular weight excluding hydrogens is 241 g/mol. The van der Waals surface area contributed by atoms with Crippen LogP contribution in [0.4, 0.5) is 4.39 Å². The second-order valence-corrected chi connectivity index (χ2v) is 4.96. The van der Waals surface area contributed by atoms with Crippen LogP contribution in [0.1, 0.15) is 20.8 Å². The van der Waals surface area contributed by atoms with E-state index in [1.54, 1.807) is 6.07 Å². The molecule has 1 aromatic rings. The molecule has 0 spiro atoms. The second kappa shape index (κ2) is 6.82. The van der Waals surface area contributed by atoms with Crippen LogP contribution in [0.15, 0.2) is 18.2 Å². The zero-order valence-corrected chi connectivity index (χ0v) is 11.2. The van der Waals surface area contributed by atoms with Crippen molar-refractivity contribution in [3.05, 3.63) is 29.0 Å². The molecule has 1 N–H and O–H groups in total. The molecule has 0 saturated carbocycles. The maximum Gasteiger partial charge on any atom is 0.138 e. The number of halogens is 2. The summed E-state index contributed by atoms with van der Waals surface area (Å²) in [5, 5.41) is 3.65. The van der Waals surface area contributed by atoms with Crippen molar-refractivity contribution in [1.82, 2.24) is 5.32 Å². The summed E-state index contributed by atoms with van der Waals surface area (Å²) in [5.41, 5.74) is 0. The smallest absolute Gasteiger partial charge is 0.138 e. The molecule has 0 aliphatic carbocycles. The molecule has 1 atom stereocenters. The Morgan fingerprint density at radius 2 is 2.06 bits per heavy atom. The Morgan fingerprint density at radius 3 is 2.65 bits per heavy atom. The predicted octanol–water partition coefficient (Wildman–Crippen LogP) is 3.49. The highest BCUT2D eigenvalue weighted by atomic mass is 35.5. The minimum Gasteiger partial charge on any atom is -0.492 e. The van der Waals surface area contributed by atoms with Crippen LogP contribution < -0.4 is 10.1 Å². The van der Waals surface area contributed by atoms with E-state index in [1.807, 2.05) is 0 Å².